The van der Waals surface area contributed by atoms with Gasteiger partial charge in [-0.05, 0) is 27.2 Å². The van der Waals surface area contributed by atoms with E-state index in [2.05, 4.69) is 34.4 Å². The van der Waals surface area contributed by atoms with Crippen LogP contribution < -0.4 is 10.6 Å². The fourth-order valence-corrected chi connectivity index (χ4v) is 3.52. The molecule has 0 radical (unpaired) electrons. The summed E-state index contributed by atoms with van der Waals surface area (Å²) in [6.07, 6.45) is 0.865. The van der Waals surface area contributed by atoms with Crippen molar-refractivity contribution >= 4 is 33.7 Å². The van der Waals surface area contributed by atoms with Crippen LogP contribution in [-0.4, -0.2) is 22.4 Å². The minimum atomic E-state index is -0.283. The molecular formula is C14H20N4OS2. The van der Waals surface area contributed by atoms with E-state index in [1.807, 2.05) is 24.6 Å². The molecule has 0 saturated heterocycles. The van der Waals surface area contributed by atoms with Gasteiger partial charge in [-0.3, -0.25) is 10.1 Å². The lowest BCUT2D eigenvalue weighted by Crippen LogP contribution is -2.43. The third-order valence-corrected chi connectivity index (χ3v) is 5.40. The van der Waals surface area contributed by atoms with E-state index < -0.39 is 0 Å². The maximum atomic E-state index is 12.0. The number of hydrogen-bond donors (Lipinski definition) is 2. The molecule has 1 unspecified atom stereocenters. The van der Waals surface area contributed by atoms with Crippen LogP contribution in [-0.2, 0) is 10.3 Å². The molecule has 114 valence electrons. The van der Waals surface area contributed by atoms with Crippen molar-refractivity contribution in [2.24, 2.45) is 0 Å². The molecule has 2 heterocycles. The van der Waals surface area contributed by atoms with Gasteiger partial charge in [0, 0.05) is 16.5 Å². The zero-order valence-electron chi connectivity index (χ0n) is 12.7. The van der Waals surface area contributed by atoms with Crippen molar-refractivity contribution in [1.29, 1.82) is 0 Å². The monoisotopic (exact) mass is 324 g/mol. The first-order valence-corrected chi connectivity index (χ1v) is 8.58. The first-order valence-electron chi connectivity index (χ1n) is 6.82. The minimum Gasteiger partial charge on any atom is -0.301 e. The predicted octanol–water partition coefficient (Wildman–Crippen LogP) is 3.07. The lowest BCUT2D eigenvalue weighted by Gasteiger charge is -2.27. The third kappa shape index (κ3) is 4.09. The summed E-state index contributed by atoms with van der Waals surface area (Å²) in [6, 6.07) is 0. The smallest absolute Gasteiger partial charge is 0.240 e. The quantitative estimate of drug-likeness (QED) is 0.857. The first-order chi connectivity index (χ1) is 9.93. The summed E-state index contributed by atoms with van der Waals surface area (Å²) in [7, 11) is 0. The van der Waals surface area contributed by atoms with E-state index in [1.165, 1.54) is 11.3 Å². The van der Waals surface area contributed by atoms with Crippen molar-refractivity contribution in [3.05, 3.63) is 27.2 Å². The van der Waals surface area contributed by atoms with Gasteiger partial charge in [0.2, 0.25) is 5.91 Å². The first kappa shape index (κ1) is 16.1. The maximum absolute atomic E-state index is 12.0. The second-order valence-corrected chi connectivity index (χ2v) is 6.89. The van der Waals surface area contributed by atoms with E-state index in [0.29, 0.717) is 5.13 Å². The van der Waals surface area contributed by atoms with Gasteiger partial charge in [-0.1, -0.05) is 6.92 Å². The predicted molar refractivity (Wildman–Crippen MR) is 88.0 cm³/mol. The van der Waals surface area contributed by atoms with Crippen LogP contribution >= 0.6 is 22.7 Å². The van der Waals surface area contributed by atoms with E-state index in [-0.39, 0.29) is 18.0 Å². The van der Waals surface area contributed by atoms with Crippen LogP contribution in [0.5, 0.6) is 0 Å². The van der Waals surface area contributed by atoms with E-state index in [9.17, 15) is 4.79 Å². The molecule has 1 amide bonds. The molecule has 0 bridgehead atoms. The van der Waals surface area contributed by atoms with Gasteiger partial charge >= 0.3 is 0 Å². The fourth-order valence-electron chi connectivity index (χ4n) is 1.81. The zero-order valence-corrected chi connectivity index (χ0v) is 14.3. The molecule has 0 aliphatic carbocycles. The summed E-state index contributed by atoms with van der Waals surface area (Å²) in [5.41, 5.74) is 1.65. The Morgan fingerprint density at radius 2 is 1.90 bits per heavy atom. The van der Waals surface area contributed by atoms with Crippen LogP contribution in [0.4, 0.5) is 5.13 Å². The minimum absolute atomic E-state index is 0.0858. The number of aryl methyl sites for hydroxylation is 2. The Morgan fingerprint density at radius 1 is 1.24 bits per heavy atom. The number of carbonyl (C=O) groups excluding carboxylic acids is 1. The number of anilines is 1. The molecular weight excluding hydrogens is 304 g/mol. The average molecular weight is 324 g/mol. The average Bonchev–Trinajstić information content (AvgIpc) is 3.05. The Balaban J connectivity index is 1.95. The highest BCUT2D eigenvalue weighted by molar-refractivity contribution is 7.13. The van der Waals surface area contributed by atoms with Crippen LogP contribution in [0.2, 0.25) is 0 Å². The van der Waals surface area contributed by atoms with Gasteiger partial charge in [0.1, 0.15) is 5.01 Å². The number of nitrogens with zero attached hydrogens (tertiary/aromatic N) is 2. The van der Waals surface area contributed by atoms with Gasteiger partial charge in [0.15, 0.2) is 5.13 Å². The van der Waals surface area contributed by atoms with Gasteiger partial charge in [-0.15, -0.1) is 22.7 Å². The second kappa shape index (κ2) is 6.64. The van der Waals surface area contributed by atoms with Crippen LogP contribution in [0.15, 0.2) is 10.8 Å². The van der Waals surface area contributed by atoms with Crippen molar-refractivity contribution in [2.75, 3.05) is 11.9 Å². The van der Waals surface area contributed by atoms with Crippen molar-refractivity contribution in [1.82, 2.24) is 15.3 Å². The summed E-state index contributed by atoms with van der Waals surface area (Å²) < 4.78 is 0. The lowest BCUT2D eigenvalue weighted by molar-refractivity contribution is -0.115. The van der Waals surface area contributed by atoms with Gasteiger partial charge in [-0.2, -0.15) is 0 Å². The molecule has 2 aromatic rings. The number of carbonyl (C=O) groups is 1. The molecule has 2 N–H and O–H groups in total. The van der Waals surface area contributed by atoms with E-state index in [0.717, 1.165) is 22.8 Å². The van der Waals surface area contributed by atoms with Crippen molar-refractivity contribution in [3.8, 4) is 0 Å². The molecule has 0 saturated carbocycles. The van der Waals surface area contributed by atoms with E-state index >= 15 is 0 Å². The number of thiazole rings is 2. The van der Waals surface area contributed by atoms with Crippen LogP contribution in [0.3, 0.4) is 0 Å². The third-order valence-electron chi connectivity index (χ3n) is 3.30. The maximum Gasteiger partial charge on any atom is 0.240 e. The number of rotatable bonds is 6. The lowest BCUT2D eigenvalue weighted by atomic mass is 10.00. The molecule has 2 aromatic heterocycles. The Kier molecular flexibility index (Phi) is 5.08. The zero-order chi connectivity index (χ0) is 15.5. The molecule has 5 nitrogen and oxygen atoms in total. The Bertz CT molecular complexity index is 622. The molecule has 21 heavy (non-hydrogen) atoms. The standard InChI is InChI=1S/C14H20N4OS2/c1-5-14(4,12-16-9(2)7-20-12)15-6-11(19)18-13-17-10(3)8-21-13/h7-8,15H,5-6H2,1-4H3,(H,17,18,19). The summed E-state index contributed by atoms with van der Waals surface area (Å²) >= 11 is 3.06. The fraction of sp³-hybridized carbons (Fsp3) is 0.500. The van der Waals surface area contributed by atoms with Crippen molar-refractivity contribution in [2.45, 2.75) is 39.7 Å². The van der Waals surface area contributed by atoms with Crippen LogP contribution in [0.1, 0.15) is 36.7 Å². The Labute approximate surface area is 132 Å². The molecule has 0 aromatic carbocycles. The van der Waals surface area contributed by atoms with Gasteiger partial charge in [0.25, 0.3) is 0 Å². The molecule has 0 aliphatic rings. The van der Waals surface area contributed by atoms with E-state index in [4.69, 9.17) is 0 Å². The van der Waals surface area contributed by atoms with Crippen LogP contribution in [0, 0.1) is 13.8 Å². The SMILES string of the molecule is CCC(C)(NCC(=O)Nc1nc(C)cs1)c1nc(C)cs1. The highest BCUT2D eigenvalue weighted by atomic mass is 32.1. The normalized spacial score (nSPS) is 13.9. The molecule has 1 atom stereocenters. The highest BCUT2D eigenvalue weighted by Gasteiger charge is 2.28. The topological polar surface area (TPSA) is 66.9 Å². The number of nitrogens with one attached hydrogen (secondary N) is 2. The summed E-state index contributed by atoms with van der Waals surface area (Å²) in [6.45, 7) is 8.29. The molecule has 0 spiro atoms. The summed E-state index contributed by atoms with van der Waals surface area (Å²) in [5.74, 6) is -0.0858. The van der Waals surface area contributed by atoms with Gasteiger partial charge in [0.05, 0.1) is 17.8 Å². The molecule has 0 fully saturated rings. The van der Waals surface area contributed by atoms with Crippen molar-refractivity contribution in [3.63, 3.8) is 0 Å². The molecule has 2 rings (SSSR count). The second-order valence-electron chi connectivity index (χ2n) is 5.18. The molecule has 0 aliphatic heterocycles. The van der Waals surface area contributed by atoms with E-state index in [1.54, 1.807) is 11.3 Å². The van der Waals surface area contributed by atoms with Crippen molar-refractivity contribution < 1.29 is 4.79 Å². The number of hydrogen-bond acceptors (Lipinski definition) is 6. The number of aromatic nitrogens is 2. The largest absolute Gasteiger partial charge is 0.301 e. The number of amides is 1. The Hall–Kier alpha value is -1.31. The summed E-state index contributed by atoms with van der Waals surface area (Å²) in [4.78, 5) is 20.8. The highest BCUT2D eigenvalue weighted by Crippen LogP contribution is 2.27. The Morgan fingerprint density at radius 3 is 2.43 bits per heavy atom. The van der Waals surface area contributed by atoms with Gasteiger partial charge < -0.3 is 5.32 Å². The summed E-state index contributed by atoms with van der Waals surface area (Å²) in [5, 5.41) is 11.7. The molecule has 7 heteroatoms. The van der Waals surface area contributed by atoms with Gasteiger partial charge in [-0.25, -0.2) is 9.97 Å². The van der Waals surface area contributed by atoms with Crippen LogP contribution in [0.25, 0.3) is 0 Å².